The summed E-state index contributed by atoms with van der Waals surface area (Å²) in [6.07, 6.45) is 0.372. The number of para-hydroxylation sites is 1. The summed E-state index contributed by atoms with van der Waals surface area (Å²) in [6, 6.07) is 14.5. The minimum Gasteiger partial charge on any atom is -0.504 e. The zero-order valence-corrected chi connectivity index (χ0v) is 17.0. The highest BCUT2D eigenvalue weighted by molar-refractivity contribution is 5.96. The van der Waals surface area contributed by atoms with Crippen LogP contribution in [0.25, 0.3) is 10.8 Å². The third-order valence-electron chi connectivity index (χ3n) is 4.25. The van der Waals surface area contributed by atoms with E-state index in [1.54, 1.807) is 25.1 Å². The summed E-state index contributed by atoms with van der Waals surface area (Å²) in [5.41, 5.74) is 0.584. The molecule has 1 N–H and O–H groups in total. The fraction of sp³-hybridized carbons (Fsp3) is 0.227. The molecule has 3 aromatic rings. The lowest BCUT2D eigenvalue weighted by Gasteiger charge is -2.20. The topological polar surface area (TPSA) is 92.2 Å². The number of hydrogen-bond acceptors (Lipinski definition) is 7. The summed E-state index contributed by atoms with van der Waals surface area (Å²) >= 11 is 0. The van der Waals surface area contributed by atoms with Crippen LogP contribution in [0.5, 0.6) is 17.2 Å². The summed E-state index contributed by atoms with van der Waals surface area (Å²) < 4.78 is 5.89. The maximum absolute atomic E-state index is 11.7. The molecule has 3 rings (SSSR count). The van der Waals surface area contributed by atoms with Crippen LogP contribution >= 0.6 is 0 Å². The number of benzene rings is 2. The van der Waals surface area contributed by atoms with E-state index >= 15 is 0 Å². The van der Waals surface area contributed by atoms with E-state index in [4.69, 9.17) is 9.57 Å². The minimum atomic E-state index is -0.621. The molecular formula is C22H23N3O5. The number of carbonyl (C=O) groups excluding carboxylic acids is 2. The first-order valence-corrected chi connectivity index (χ1v) is 9.41. The van der Waals surface area contributed by atoms with Gasteiger partial charge in [0, 0.05) is 23.7 Å². The minimum absolute atomic E-state index is 0.0728. The van der Waals surface area contributed by atoms with Crippen molar-refractivity contribution in [2.75, 3.05) is 19.2 Å². The molecule has 1 amide bonds. The van der Waals surface area contributed by atoms with Crippen molar-refractivity contribution in [3.63, 3.8) is 0 Å². The number of hydrogen-bond donors (Lipinski definition) is 1. The van der Waals surface area contributed by atoms with Crippen LogP contribution in [-0.2, 0) is 21.0 Å². The van der Waals surface area contributed by atoms with Gasteiger partial charge in [-0.05, 0) is 44.4 Å². The lowest BCUT2D eigenvalue weighted by Crippen LogP contribution is -2.27. The molecule has 0 aliphatic carbocycles. The average Bonchev–Trinajstić information content (AvgIpc) is 2.74. The van der Waals surface area contributed by atoms with E-state index in [9.17, 15) is 14.7 Å². The number of nitrogens with zero attached hydrogens (tertiary/aromatic N) is 3. The van der Waals surface area contributed by atoms with Crippen LogP contribution < -0.4 is 9.80 Å². The van der Waals surface area contributed by atoms with Crippen molar-refractivity contribution in [2.24, 2.45) is 0 Å². The number of rotatable bonds is 8. The van der Waals surface area contributed by atoms with Gasteiger partial charge in [-0.1, -0.05) is 25.1 Å². The van der Waals surface area contributed by atoms with Gasteiger partial charge in [0.1, 0.15) is 11.5 Å². The number of carbonyl (C=O) groups is 2. The first kappa shape index (κ1) is 21.1. The van der Waals surface area contributed by atoms with Crippen LogP contribution in [0.4, 0.5) is 5.82 Å². The monoisotopic (exact) mass is 409 g/mol. The van der Waals surface area contributed by atoms with Crippen LogP contribution in [0, 0.1) is 0 Å². The Kier molecular flexibility index (Phi) is 6.48. The summed E-state index contributed by atoms with van der Waals surface area (Å²) in [7, 11) is 3.75. The Morgan fingerprint density at radius 1 is 1.10 bits per heavy atom. The lowest BCUT2D eigenvalue weighted by molar-refractivity contribution is -0.147. The van der Waals surface area contributed by atoms with Gasteiger partial charge in [0.15, 0.2) is 5.75 Å². The molecule has 0 saturated carbocycles. The van der Waals surface area contributed by atoms with Gasteiger partial charge in [0.2, 0.25) is 12.2 Å². The van der Waals surface area contributed by atoms with Crippen molar-refractivity contribution in [2.45, 2.75) is 19.9 Å². The molecule has 0 spiro atoms. The van der Waals surface area contributed by atoms with Gasteiger partial charge in [-0.3, -0.25) is 4.79 Å². The molecule has 0 bridgehead atoms. The molecule has 0 aliphatic heterocycles. The third kappa shape index (κ3) is 4.66. The van der Waals surface area contributed by atoms with Crippen molar-refractivity contribution in [1.82, 2.24) is 9.88 Å². The number of fused-ring (bicyclic) bond motifs is 1. The zero-order valence-electron chi connectivity index (χ0n) is 17.0. The summed E-state index contributed by atoms with van der Waals surface area (Å²) in [5, 5.41) is 12.5. The van der Waals surface area contributed by atoms with E-state index < -0.39 is 5.97 Å². The summed E-state index contributed by atoms with van der Waals surface area (Å²) in [5.74, 6) is 0.220. The largest absolute Gasteiger partial charge is 0.504 e. The Balaban J connectivity index is 2.10. The molecule has 0 aliphatic rings. The molecule has 0 saturated heterocycles. The van der Waals surface area contributed by atoms with Crippen molar-refractivity contribution in [3.8, 4) is 17.2 Å². The SMILES string of the molecule is CCC(=O)ON(C=O)c1nc(CN(C)C)c2cc(Oc3ccccc3)ccc2c1O. The predicted molar refractivity (Wildman–Crippen MR) is 112 cm³/mol. The van der Waals surface area contributed by atoms with Crippen LogP contribution in [-0.4, -0.2) is 41.5 Å². The zero-order chi connectivity index (χ0) is 21.7. The highest BCUT2D eigenvalue weighted by Gasteiger charge is 2.22. The first-order valence-electron chi connectivity index (χ1n) is 9.41. The number of aromatic hydroxyl groups is 1. The highest BCUT2D eigenvalue weighted by atomic mass is 16.7. The van der Waals surface area contributed by atoms with E-state index in [0.717, 1.165) is 0 Å². The fourth-order valence-corrected chi connectivity index (χ4v) is 2.88. The second-order valence-electron chi connectivity index (χ2n) is 6.84. The molecule has 0 radical (unpaired) electrons. The highest BCUT2D eigenvalue weighted by Crippen LogP contribution is 2.37. The molecule has 8 heteroatoms. The molecule has 1 heterocycles. The van der Waals surface area contributed by atoms with Crippen LogP contribution in [0.1, 0.15) is 19.0 Å². The van der Waals surface area contributed by atoms with Crippen LogP contribution in [0.2, 0.25) is 0 Å². The molecule has 8 nitrogen and oxygen atoms in total. The number of hydroxylamine groups is 1. The molecule has 0 atom stereocenters. The van der Waals surface area contributed by atoms with Crippen LogP contribution in [0.3, 0.4) is 0 Å². The van der Waals surface area contributed by atoms with E-state index in [2.05, 4.69) is 4.98 Å². The molecular weight excluding hydrogens is 386 g/mol. The second kappa shape index (κ2) is 9.23. The summed E-state index contributed by atoms with van der Waals surface area (Å²) in [6.45, 7) is 2.03. The predicted octanol–water partition coefficient (Wildman–Crippen LogP) is 3.63. The van der Waals surface area contributed by atoms with E-state index in [1.165, 1.54) is 0 Å². The Hall–Kier alpha value is -3.65. The number of ether oxygens (including phenoxy) is 1. The molecule has 2 aromatic carbocycles. The first-order chi connectivity index (χ1) is 14.4. The Labute approximate surface area is 174 Å². The molecule has 1 aromatic heterocycles. The lowest BCUT2D eigenvalue weighted by atomic mass is 10.1. The van der Waals surface area contributed by atoms with E-state index in [1.807, 2.05) is 49.3 Å². The molecule has 30 heavy (non-hydrogen) atoms. The Bertz CT molecular complexity index is 1050. The fourth-order valence-electron chi connectivity index (χ4n) is 2.88. The van der Waals surface area contributed by atoms with Crippen molar-refractivity contribution in [1.29, 1.82) is 0 Å². The van der Waals surface area contributed by atoms with Gasteiger partial charge < -0.3 is 19.6 Å². The summed E-state index contributed by atoms with van der Waals surface area (Å²) in [4.78, 5) is 34.5. The van der Waals surface area contributed by atoms with Gasteiger partial charge in [-0.15, -0.1) is 5.06 Å². The maximum atomic E-state index is 11.7. The van der Waals surface area contributed by atoms with Gasteiger partial charge in [0.05, 0.1) is 5.69 Å². The number of aromatic nitrogens is 1. The molecule has 0 unspecified atom stereocenters. The smallest absolute Gasteiger partial charge is 0.332 e. The van der Waals surface area contributed by atoms with Gasteiger partial charge in [-0.2, -0.15) is 0 Å². The van der Waals surface area contributed by atoms with E-state index in [-0.39, 0.29) is 18.0 Å². The van der Waals surface area contributed by atoms with Gasteiger partial charge >= 0.3 is 5.97 Å². The van der Waals surface area contributed by atoms with Crippen molar-refractivity contribution >= 4 is 29.0 Å². The number of anilines is 1. The van der Waals surface area contributed by atoms with Crippen LogP contribution in [0.15, 0.2) is 48.5 Å². The molecule has 0 fully saturated rings. The Morgan fingerprint density at radius 3 is 2.47 bits per heavy atom. The quantitative estimate of drug-likeness (QED) is 0.449. The second-order valence-corrected chi connectivity index (χ2v) is 6.84. The van der Waals surface area contributed by atoms with Gasteiger partial charge in [-0.25, -0.2) is 9.78 Å². The number of pyridine rings is 1. The normalized spacial score (nSPS) is 10.8. The molecule has 156 valence electrons. The van der Waals surface area contributed by atoms with Crippen molar-refractivity contribution in [3.05, 3.63) is 54.2 Å². The maximum Gasteiger partial charge on any atom is 0.332 e. The third-order valence-corrected chi connectivity index (χ3v) is 4.25. The van der Waals surface area contributed by atoms with Crippen molar-refractivity contribution < 1.29 is 24.3 Å². The number of amides is 1. The van der Waals surface area contributed by atoms with E-state index in [0.29, 0.717) is 46.0 Å². The average molecular weight is 409 g/mol. The standard InChI is InChI=1S/C22H23N3O5/c1-4-20(27)30-25(14-26)22-21(28)17-11-10-16(29-15-8-6-5-7-9-15)12-18(17)19(23-22)13-24(2)3/h5-12,14,28H,4,13H2,1-3H3. The van der Waals surface area contributed by atoms with Gasteiger partial charge in [0.25, 0.3) is 0 Å². The Morgan fingerprint density at radius 2 is 1.83 bits per heavy atom.